The first kappa shape index (κ1) is 8.75. The number of rotatable bonds is 0. The molecule has 0 bridgehead atoms. The summed E-state index contributed by atoms with van der Waals surface area (Å²) in [6, 6.07) is 0. The predicted molar refractivity (Wildman–Crippen MR) is 47.0 cm³/mol. The van der Waals surface area contributed by atoms with E-state index in [0.717, 1.165) is 19.3 Å². The zero-order chi connectivity index (χ0) is 9.42. The molecule has 0 radical (unpaired) electrons. The van der Waals surface area contributed by atoms with Crippen molar-refractivity contribution >= 4 is 5.97 Å². The minimum absolute atomic E-state index is 0.0291. The lowest BCUT2D eigenvalue weighted by molar-refractivity contribution is -0.155. The number of fused-ring (bicyclic) bond motifs is 1. The summed E-state index contributed by atoms with van der Waals surface area (Å²) >= 11 is 0. The number of hydrogen-bond acceptors (Lipinski definition) is 3. The molecule has 0 aromatic carbocycles. The second-order valence-electron chi connectivity index (χ2n) is 3.98. The Bertz CT molecular complexity index is 247. The van der Waals surface area contributed by atoms with Crippen molar-refractivity contribution in [3.05, 3.63) is 12.2 Å². The molecule has 0 amide bonds. The summed E-state index contributed by atoms with van der Waals surface area (Å²) in [5.41, 5.74) is 0.551. The van der Waals surface area contributed by atoms with Gasteiger partial charge in [0.15, 0.2) is 0 Å². The van der Waals surface area contributed by atoms with Gasteiger partial charge < -0.3 is 9.84 Å². The molecule has 2 aliphatic rings. The molecule has 3 unspecified atom stereocenters. The van der Waals surface area contributed by atoms with Crippen LogP contribution < -0.4 is 0 Å². The summed E-state index contributed by atoms with van der Waals surface area (Å²) in [7, 11) is 0. The van der Waals surface area contributed by atoms with Crippen molar-refractivity contribution in [2.24, 2.45) is 5.92 Å². The summed E-state index contributed by atoms with van der Waals surface area (Å²) in [5.74, 6) is 0.0478. The smallest absolute Gasteiger partial charge is 0.333 e. The zero-order valence-electron chi connectivity index (χ0n) is 7.53. The Kier molecular flexibility index (Phi) is 2.12. The van der Waals surface area contributed by atoms with E-state index in [1.807, 2.05) is 0 Å². The molecule has 2 rings (SSSR count). The van der Waals surface area contributed by atoms with E-state index in [1.165, 1.54) is 0 Å². The zero-order valence-corrected chi connectivity index (χ0v) is 7.53. The minimum atomic E-state index is -0.252. The van der Waals surface area contributed by atoms with Crippen molar-refractivity contribution in [3.63, 3.8) is 0 Å². The number of aliphatic hydroxyl groups is 1. The fraction of sp³-hybridized carbons (Fsp3) is 0.700. The van der Waals surface area contributed by atoms with E-state index in [4.69, 9.17) is 4.74 Å². The molecule has 0 aromatic rings. The van der Waals surface area contributed by atoms with Crippen LogP contribution in [0, 0.1) is 5.92 Å². The minimum Gasteiger partial charge on any atom is -0.459 e. The summed E-state index contributed by atoms with van der Waals surface area (Å²) in [4.78, 5) is 11.1. The first-order chi connectivity index (χ1) is 6.16. The van der Waals surface area contributed by atoms with Gasteiger partial charge >= 0.3 is 5.97 Å². The van der Waals surface area contributed by atoms with Crippen molar-refractivity contribution < 1.29 is 14.6 Å². The van der Waals surface area contributed by atoms with Crippen molar-refractivity contribution in [2.75, 3.05) is 0 Å². The highest BCUT2D eigenvalue weighted by atomic mass is 16.5. The largest absolute Gasteiger partial charge is 0.459 e. The molecular formula is C10H14O3. The summed E-state index contributed by atoms with van der Waals surface area (Å²) in [6.45, 7) is 3.66. The van der Waals surface area contributed by atoms with Crippen molar-refractivity contribution in [2.45, 2.75) is 37.9 Å². The van der Waals surface area contributed by atoms with Gasteiger partial charge in [-0.2, -0.15) is 0 Å². The maximum Gasteiger partial charge on any atom is 0.333 e. The molecule has 1 aliphatic heterocycles. The van der Waals surface area contributed by atoms with Gasteiger partial charge in [0, 0.05) is 11.5 Å². The van der Waals surface area contributed by atoms with Crippen LogP contribution in [-0.4, -0.2) is 23.3 Å². The van der Waals surface area contributed by atoms with E-state index in [9.17, 15) is 9.90 Å². The molecule has 0 aromatic heterocycles. The van der Waals surface area contributed by atoms with Gasteiger partial charge in [-0.1, -0.05) is 6.58 Å². The molecule has 1 saturated carbocycles. The molecule has 3 nitrogen and oxygen atoms in total. The van der Waals surface area contributed by atoms with Crippen LogP contribution in [0.3, 0.4) is 0 Å². The Morgan fingerprint density at radius 2 is 2.23 bits per heavy atom. The molecule has 1 heterocycles. The van der Waals surface area contributed by atoms with Crippen LogP contribution in [0.5, 0.6) is 0 Å². The Morgan fingerprint density at radius 1 is 1.46 bits per heavy atom. The van der Waals surface area contributed by atoms with Crippen LogP contribution in [0.15, 0.2) is 12.2 Å². The first-order valence-corrected chi connectivity index (χ1v) is 4.73. The number of carbonyl (C=O) groups is 1. The predicted octanol–water partition coefficient (Wildman–Crippen LogP) is 1.02. The maximum atomic E-state index is 11.1. The number of aliphatic hydroxyl groups excluding tert-OH is 1. The van der Waals surface area contributed by atoms with Crippen molar-refractivity contribution in [1.82, 2.24) is 0 Å². The topological polar surface area (TPSA) is 46.5 Å². The number of esters is 1. The van der Waals surface area contributed by atoms with Crippen LogP contribution in [0.1, 0.15) is 25.7 Å². The van der Waals surface area contributed by atoms with Gasteiger partial charge in [0.05, 0.1) is 6.10 Å². The van der Waals surface area contributed by atoms with E-state index in [0.29, 0.717) is 17.9 Å². The quantitative estimate of drug-likeness (QED) is 0.449. The lowest BCUT2D eigenvalue weighted by Gasteiger charge is -2.37. The van der Waals surface area contributed by atoms with Gasteiger partial charge in [-0.15, -0.1) is 0 Å². The number of carbonyl (C=O) groups excluding carboxylic acids is 1. The third-order valence-corrected chi connectivity index (χ3v) is 2.94. The van der Waals surface area contributed by atoms with Gasteiger partial charge in [-0.25, -0.2) is 4.79 Å². The molecule has 1 N–H and O–H groups in total. The molecule has 2 fully saturated rings. The lowest BCUT2D eigenvalue weighted by atomic mass is 9.79. The Balaban J connectivity index is 2.06. The van der Waals surface area contributed by atoms with E-state index in [2.05, 4.69) is 6.58 Å². The standard InChI is InChI=1S/C10H14O3/c1-6-4-7-5-8(11)2-3-9(7)13-10(6)12/h7-9,11H,1-5H2. The van der Waals surface area contributed by atoms with Gasteiger partial charge in [-0.3, -0.25) is 0 Å². The highest BCUT2D eigenvalue weighted by molar-refractivity contribution is 5.88. The third-order valence-electron chi connectivity index (χ3n) is 2.94. The molecule has 1 aliphatic carbocycles. The Morgan fingerprint density at radius 3 is 3.00 bits per heavy atom. The fourth-order valence-electron chi connectivity index (χ4n) is 2.20. The fourth-order valence-corrected chi connectivity index (χ4v) is 2.20. The van der Waals surface area contributed by atoms with Gasteiger partial charge in [0.2, 0.25) is 0 Å². The summed E-state index contributed by atoms with van der Waals surface area (Å²) in [6.07, 6.45) is 2.80. The van der Waals surface area contributed by atoms with Crippen LogP contribution in [-0.2, 0) is 9.53 Å². The van der Waals surface area contributed by atoms with Crippen LogP contribution in [0.25, 0.3) is 0 Å². The molecular weight excluding hydrogens is 168 g/mol. The molecule has 1 saturated heterocycles. The SMILES string of the molecule is C=C1CC2CC(O)CCC2OC1=O. The van der Waals surface area contributed by atoms with E-state index < -0.39 is 0 Å². The molecule has 3 heteroatoms. The van der Waals surface area contributed by atoms with Crippen molar-refractivity contribution in [1.29, 1.82) is 0 Å². The summed E-state index contributed by atoms with van der Waals surface area (Å²) in [5, 5.41) is 9.43. The van der Waals surface area contributed by atoms with Crippen LogP contribution >= 0.6 is 0 Å². The average Bonchev–Trinajstić information content (AvgIpc) is 2.08. The molecule has 3 atom stereocenters. The normalized spacial score (nSPS) is 39.6. The highest BCUT2D eigenvalue weighted by Gasteiger charge is 2.37. The van der Waals surface area contributed by atoms with E-state index in [-0.39, 0.29) is 18.2 Å². The van der Waals surface area contributed by atoms with Gasteiger partial charge in [-0.05, 0) is 25.7 Å². The van der Waals surface area contributed by atoms with Gasteiger partial charge in [0.25, 0.3) is 0 Å². The molecule has 72 valence electrons. The molecule has 0 spiro atoms. The van der Waals surface area contributed by atoms with E-state index in [1.54, 1.807) is 0 Å². The summed E-state index contributed by atoms with van der Waals surface area (Å²) < 4.78 is 5.20. The lowest BCUT2D eigenvalue weighted by Crippen LogP contribution is -2.39. The van der Waals surface area contributed by atoms with Crippen LogP contribution in [0.2, 0.25) is 0 Å². The Labute approximate surface area is 77.4 Å². The van der Waals surface area contributed by atoms with Crippen molar-refractivity contribution in [3.8, 4) is 0 Å². The highest BCUT2D eigenvalue weighted by Crippen LogP contribution is 2.35. The second-order valence-corrected chi connectivity index (χ2v) is 3.98. The number of ether oxygens (including phenoxy) is 1. The number of hydrogen-bond donors (Lipinski definition) is 1. The second kappa shape index (κ2) is 3.14. The first-order valence-electron chi connectivity index (χ1n) is 4.73. The maximum absolute atomic E-state index is 11.1. The van der Waals surface area contributed by atoms with E-state index >= 15 is 0 Å². The Hall–Kier alpha value is -0.830. The van der Waals surface area contributed by atoms with Gasteiger partial charge in [0.1, 0.15) is 6.10 Å². The average molecular weight is 182 g/mol. The van der Waals surface area contributed by atoms with Crippen LogP contribution in [0.4, 0.5) is 0 Å². The third kappa shape index (κ3) is 1.61. The monoisotopic (exact) mass is 182 g/mol. The molecule has 13 heavy (non-hydrogen) atoms.